The number of hydrogen-bond acceptors (Lipinski definition) is 2. The first-order valence-corrected chi connectivity index (χ1v) is 8.41. The molecule has 4 heteroatoms. The molecule has 1 N–H and O–H groups in total. The quantitative estimate of drug-likeness (QED) is 0.773. The smallest absolute Gasteiger partial charge is 0.124 e. The van der Waals surface area contributed by atoms with E-state index in [2.05, 4.69) is 51.8 Å². The van der Waals surface area contributed by atoms with Gasteiger partial charge in [-0.1, -0.05) is 34.1 Å². The molecule has 0 aromatic heterocycles. The number of rotatable bonds is 5. The van der Waals surface area contributed by atoms with Gasteiger partial charge in [-0.2, -0.15) is 0 Å². The third-order valence-electron chi connectivity index (χ3n) is 3.31. The van der Waals surface area contributed by atoms with Crippen LogP contribution >= 0.6 is 27.7 Å². The van der Waals surface area contributed by atoms with Crippen LogP contribution < -0.4 is 5.32 Å². The Morgan fingerprint density at radius 3 is 2.45 bits per heavy atom. The lowest BCUT2D eigenvalue weighted by atomic mass is 9.99. The average Bonchev–Trinajstić information content (AvgIpc) is 2.47. The SMILES string of the molecule is CNC(Cc1ccc(F)cc1Br)c1ccc(SC)cc1. The number of halogens is 2. The Balaban J connectivity index is 2.19. The number of hydrogen-bond donors (Lipinski definition) is 1. The zero-order valence-electron chi connectivity index (χ0n) is 11.5. The van der Waals surface area contributed by atoms with Crippen LogP contribution in [0.2, 0.25) is 0 Å². The van der Waals surface area contributed by atoms with Crippen molar-refractivity contribution in [2.75, 3.05) is 13.3 Å². The summed E-state index contributed by atoms with van der Waals surface area (Å²) in [6.45, 7) is 0. The molecule has 0 heterocycles. The van der Waals surface area contributed by atoms with Crippen molar-refractivity contribution in [3.8, 4) is 0 Å². The van der Waals surface area contributed by atoms with Crippen molar-refractivity contribution in [1.82, 2.24) is 5.32 Å². The molecule has 0 amide bonds. The van der Waals surface area contributed by atoms with Gasteiger partial charge in [0.25, 0.3) is 0 Å². The maximum absolute atomic E-state index is 13.1. The summed E-state index contributed by atoms with van der Waals surface area (Å²) < 4.78 is 13.9. The van der Waals surface area contributed by atoms with Gasteiger partial charge in [0.15, 0.2) is 0 Å². The maximum atomic E-state index is 13.1. The Hall–Kier alpha value is -0.840. The zero-order chi connectivity index (χ0) is 14.5. The average molecular weight is 354 g/mol. The van der Waals surface area contributed by atoms with E-state index in [1.54, 1.807) is 11.8 Å². The summed E-state index contributed by atoms with van der Waals surface area (Å²) in [6.07, 6.45) is 2.89. The molecule has 20 heavy (non-hydrogen) atoms. The van der Waals surface area contributed by atoms with Gasteiger partial charge in [0.1, 0.15) is 5.82 Å². The van der Waals surface area contributed by atoms with E-state index >= 15 is 0 Å². The summed E-state index contributed by atoms with van der Waals surface area (Å²) >= 11 is 5.16. The molecule has 0 aliphatic carbocycles. The van der Waals surface area contributed by atoms with Crippen molar-refractivity contribution in [3.05, 3.63) is 63.9 Å². The van der Waals surface area contributed by atoms with E-state index in [1.165, 1.54) is 22.6 Å². The van der Waals surface area contributed by atoms with Crippen molar-refractivity contribution >= 4 is 27.7 Å². The summed E-state index contributed by atoms with van der Waals surface area (Å²) in [5, 5.41) is 3.32. The van der Waals surface area contributed by atoms with Gasteiger partial charge < -0.3 is 5.32 Å². The van der Waals surface area contributed by atoms with Crippen molar-refractivity contribution in [2.45, 2.75) is 17.4 Å². The van der Waals surface area contributed by atoms with Crippen LogP contribution in [0.3, 0.4) is 0 Å². The largest absolute Gasteiger partial charge is 0.313 e. The standard InChI is InChI=1S/C16H17BrFNS/c1-19-16(11-4-7-14(20-2)8-5-11)9-12-3-6-13(18)10-15(12)17/h3-8,10,16,19H,9H2,1-2H3. The van der Waals surface area contributed by atoms with E-state index in [1.807, 2.05) is 13.1 Å². The summed E-state index contributed by atoms with van der Waals surface area (Å²) in [7, 11) is 1.95. The molecule has 1 unspecified atom stereocenters. The molecule has 2 aromatic rings. The molecular formula is C16H17BrFNS. The molecule has 0 aliphatic rings. The minimum absolute atomic E-state index is 0.215. The van der Waals surface area contributed by atoms with Gasteiger partial charge in [-0.05, 0) is 55.1 Å². The van der Waals surface area contributed by atoms with Crippen LogP contribution in [0.4, 0.5) is 4.39 Å². The predicted octanol–water partition coefficient (Wildman–Crippen LogP) is 4.81. The lowest BCUT2D eigenvalue weighted by molar-refractivity contribution is 0.587. The van der Waals surface area contributed by atoms with Crippen molar-refractivity contribution in [2.24, 2.45) is 0 Å². The lowest BCUT2D eigenvalue weighted by Gasteiger charge is -2.18. The first-order chi connectivity index (χ1) is 9.63. The van der Waals surface area contributed by atoms with Crippen molar-refractivity contribution < 1.29 is 4.39 Å². The fourth-order valence-electron chi connectivity index (χ4n) is 2.13. The molecule has 0 bridgehead atoms. The molecule has 0 radical (unpaired) electrons. The minimum atomic E-state index is -0.217. The minimum Gasteiger partial charge on any atom is -0.313 e. The second-order valence-electron chi connectivity index (χ2n) is 4.55. The molecule has 1 atom stereocenters. The molecule has 2 rings (SSSR count). The normalized spacial score (nSPS) is 12.4. The highest BCUT2D eigenvalue weighted by Gasteiger charge is 2.12. The fraction of sp³-hybridized carbons (Fsp3) is 0.250. The summed E-state index contributed by atoms with van der Waals surface area (Å²) in [4.78, 5) is 1.26. The van der Waals surface area contributed by atoms with E-state index in [0.29, 0.717) is 0 Å². The Bertz CT molecular complexity index is 571. The van der Waals surface area contributed by atoms with E-state index in [-0.39, 0.29) is 11.9 Å². The second kappa shape index (κ2) is 7.25. The van der Waals surface area contributed by atoms with Crippen LogP contribution in [0, 0.1) is 5.82 Å². The molecule has 0 saturated heterocycles. The van der Waals surface area contributed by atoms with Gasteiger partial charge in [0.2, 0.25) is 0 Å². The molecule has 0 saturated carbocycles. The van der Waals surface area contributed by atoms with Gasteiger partial charge in [-0.3, -0.25) is 0 Å². The molecule has 0 fully saturated rings. The van der Waals surface area contributed by atoms with E-state index in [9.17, 15) is 4.39 Å². The van der Waals surface area contributed by atoms with Gasteiger partial charge >= 0.3 is 0 Å². The Morgan fingerprint density at radius 2 is 1.90 bits per heavy atom. The third kappa shape index (κ3) is 3.84. The molecule has 0 aliphatic heterocycles. The van der Waals surface area contributed by atoms with Crippen LogP contribution in [0.25, 0.3) is 0 Å². The van der Waals surface area contributed by atoms with Crippen LogP contribution in [0.1, 0.15) is 17.2 Å². The highest BCUT2D eigenvalue weighted by Crippen LogP contribution is 2.26. The van der Waals surface area contributed by atoms with E-state index < -0.39 is 0 Å². The second-order valence-corrected chi connectivity index (χ2v) is 6.29. The molecule has 2 aromatic carbocycles. The van der Waals surface area contributed by atoms with E-state index in [4.69, 9.17) is 0 Å². The van der Waals surface area contributed by atoms with Crippen LogP contribution in [-0.2, 0) is 6.42 Å². The Morgan fingerprint density at radius 1 is 1.20 bits per heavy atom. The molecule has 0 spiro atoms. The highest BCUT2D eigenvalue weighted by molar-refractivity contribution is 9.10. The monoisotopic (exact) mass is 353 g/mol. The molecule has 106 valence electrons. The van der Waals surface area contributed by atoms with Crippen molar-refractivity contribution in [1.29, 1.82) is 0 Å². The summed E-state index contributed by atoms with van der Waals surface area (Å²) in [6, 6.07) is 13.6. The Labute approximate surface area is 132 Å². The number of likely N-dealkylation sites (N-methyl/N-ethyl adjacent to an activating group) is 1. The van der Waals surface area contributed by atoms with Gasteiger partial charge in [0.05, 0.1) is 0 Å². The zero-order valence-corrected chi connectivity index (χ0v) is 13.9. The molecular weight excluding hydrogens is 337 g/mol. The van der Waals surface area contributed by atoms with Crippen LogP contribution in [0.5, 0.6) is 0 Å². The third-order valence-corrected chi connectivity index (χ3v) is 4.79. The maximum Gasteiger partial charge on any atom is 0.124 e. The summed E-state index contributed by atoms with van der Waals surface area (Å²) in [5.74, 6) is -0.217. The lowest BCUT2D eigenvalue weighted by Crippen LogP contribution is -2.19. The topological polar surface area (TPSA) is 12.0 Å². The number of thioether (sulfide) groups is 1. The van der Waals surface area contributed by atoms with Crippen LogP contribution in [0.15, 0.2) is 51.8 Å². The first kappa shape index (κ1) is 15.5. The molecule has 1 nitrogen and oxygen atoms in total. The number of nitrogens with one attached hydrogen (secondary N) is 1. The van der Waals surface area contributed by atoms with Crippen molar-refractivity contribution in [3.63, 3.8) is 0 Å². The summed E-state index contributed by atoms with van der Waals surface area (Å²) in [5.41, 5.74) is 2.33. The van der Waals surface area contributed by atoms with E-state index in [0.717, 1.165) is 16.5 Å². The fourth-order valence-corrected chi connectivity index (χ4v) is 3.05. The first-order valence-electron chi connectivity index (χ1n) is 6.39. The van der Waals surface area contributed by atoms with Gasteiger partial charge in [0, 0.05) is 15.4 Å². The van der Waals surface area contributed by atoms with Gasteiger partial charge in [-0.15, -0.1) is 11.8 Å². The Kier molecular flexibility index (Phi) is 5.64. The van der Waals surface area contributed by atoms with Crippen LogP contribution in [-0.4, -0.2) is 13.3 Å². The van der Waals surface area contributed by atoms with Gasteiger partial charge in [-0.25, -0.2) is 4.39 Å². The number of benzene rings is 2. The predicted molar refractivity (Wildman–Crippen MR) is 87.8 cm³/mol. The highest BCUT2D eigenvalue weighted by atomic mass is 79.9.